The van der Waals surface area contributed by atoms with Crippen molar-refractivity contribution < 1.29 is 14.2 Å². The van der Waals surface area contributed by atoms with Crippen LogP contribution in [0.4, 0.5) is 5.82 Å². The molecule has 0 bridgehead atoms. The molecule has 2 heterocycles. The highest BCUT2D eigenvalue weighted by Crippen LogP contribution is 2.26. The number of carbonyl (C=O) groups is 1. The van der Waals surface area contributed by atoms with Gasteiger partial charge in [0.25, 0.3) is 5.91 Å². The Labute approximate surface area is 205 Å². The third kappa shape index (κ3) is 5.66. The molecule has 0 fully saturated rings. The third-order valence-corrected chi connectivity index (χ3v) is 6.08. The minimum atomic E-state index is -0.509. The molecule has 4 rings (SSSR count). The van der Waals surface area contributed by atoms with Crippen molar-refractivity contribution in [2.24, 2.45) is 5.10 Å². The minimum absolute atomic E-state index is 0.0362. The number of aryl methyl sites for hydroxylation is 1. The molecule has 12 heteroatoms. The van der Waals surface area contributed by atoms with E-state index in [2.05, 4.69) is 31.2 Å². The van der Waals surface area contributed by atoms with Crippen LogP contribution in [0.3, 0.4) is 0 Å². The number of para-hydroxylation sites is 1. The Morgan fingerprint density at radius 1 is 1.20 bits per heavy atom. The maximum absolute atomic E-state index is 13.0. The van der Waals surface area contributed by atoms with Gasteiger partial charge in [0, 0.05) is 22.8 Å². The van der Waals surface area contributed by atoms with Gasteiger partial charge in [0.15, 0.2) is 5.69 Å². The zero-order chi connectivity index (χ0) is 24.8. The summed E-state index contributed by atoms with van der Waals surface area (Å²) in [6, 6.07) is 15.7. The molecule has 0 atom stereocenters. The number of benzene rings is 2. The Kier molecular flexibility index (Phi) is 7.41. The molecule has 0 spiro atoms. The topological polar surface area (TPSA) is 146 Å². The first-order valence-corrected chi connectivity index (χ1v) is 11.6. The van der Waals surface area contributed by atoms with Crippen LogP contribution in [-0.2, 0) is 12.2 Å². The molecule has 2 aromatic heterocycles. The molecule has 0 aliphatic rings. The van der Waals surface area contributed by atoms with Crippen molar-refractivity contribution in [1.29, 1.82) is 0 Å². The first kappa shape index (κ1) is 24.0. The van der Waals surface area contributed by atoms with Gasteiger partial charge in [-0.05, 0) is 47.9 Å². The van der Waals surface area contributed by atoms with Crippen LogP contribution in [0.1, 0.15) is 34.2 Å². The number of hydrogen-bond donors (Lipinski definition) is 2. The van der Waals surface area contributed by atoms with Crippen LogP contribution in [-0.4, -0.2) is 44.0 Å². The molecule has 2 aromatic carbocycles. The van der Waals surface area contributed by atoms with Crippen molar-refractivity contribution in [3.63, 3.8) is 0 Å². The summed E-state index contributed by atoms with van der Waals surface area (Å²) >= 11 is 1.52. The summed E-state index contributed by atoms with van der Waals surface area (Å²) in [4.78, 5) is 14.0. The number of rotatable bonds is 9. The lowest BCUT2D eigenvalue weighted by Crippen LogP contribution is -2.22. The zero-order valence-corrected chi connectivity index (χ0v) is 20.2. The molecule has 0 saturated heterocycles. The molecule has 0 radical (unpaired) electrons. The van der Waals surface area contributed by atoms with E-state index < -0.39 is 5.91 Å². The second-order valence-electron chi connectivity index (χ2n) is 7.65. The van der Waals surface area contributed by atoms with Gasteiger partial charge < -0.3 is 10.5 Å². The van der Waals surface area contributed by atoms with Crippen molar-refractivity contribution in [2.75, 3.05) is 12.8 Å². The summed E-state index contributed by atoms with van der Waals surface area (Å²) in [5.41, 5.74) is 11.8. The fourth-order valence-electron chi connectivity index (χ4n) is 3.26. The maximum atomic E-state index is 13.0. The second-order valence-corrected chi connectivity index (χ2v) is 8.70. The molecular weight excluding hydrogens is 468 g/mol. The Hall–Kier alpha value is -4.19. The fourth-order valence-corrected chi connectivity index (χ4v) is 4.16. The molecule has 11 nitrogen and oxygen atoms in total. The molecular formula is C23H24N8O3S. The highest BCUT2D eigenvalue weighted by molar-refractivity contribution is 7.98. The lowest BCUT2D eigenvalue weighted by Gasteiger charge is -2.08. The van der Waals surface area contributed by atoms with Gasteiger partial charge in [-0.25, -0.2) is 10.1 Å². The SMILES string of the molecule is COc1ccccc1C/C(C)=N/NC(=O)c1nnn(-c2nonc2N)c1CSc1ccc(C)cc1. The smallest absolute Gasteiger partial charge is 0.293 e. The van der Waals surface area contributed by atoms with E-state index in [-0.39, 0.29) is 17.3 Å². The van der Waals surface area contributed by atoms with Crippen molar-refractivity contribution in [3.05, 3.63) is 71.0 Å². The molecule has 4 aromatic rings. The Morgan fingerprint density at radius 3 is 2.69 bits per heavy atom. The molecule has 0 aliphatic carbocycles. The number of hydrazone groups is 1. The Morgan fingerprint density at radius 2 is 1.97 bits per heavy atom. The first-order chi connectivity index (χ1) is 17.0. The first-order valence-electron chi connectivity index (χ1n) is 10.6. The number of hydrogen-bond acceptors (Lipinski definition) is 10. The molecule has 0 aliphatic heterocycles. The number of nitrogens with two attached hydrogens (primary N) is 1. The van der Waals surface area contributed by atoms with E-state index >= 15 is 0 Å². The van der Waals surface area contributed by atoms with E-state index in [1.807, 2.05) is 62.4 Å². The molecule has 35 heavy (non-hydrogen) atoms. The van der Waals surface area contributed by atoms with Crippen LogP contribution in [0, 0.1) is 6.92 Å². The summed E-state index contributed by atoms with van der Waals surface area (Å²) < 4.78 is 11.4. The number of amides is 1. The van der Waals surface area contributed by atoms with Crippen molar-refractivity contribution in [3.8, 4) is 11.6 Å². The highest BCUT2D eigenvalue weighted by atomic mass is 32.2. The Bertz CT molecular complexity index is 1350. The van der Waals surface area contributed by atoms with E-state index in [4.69, 9.17) is 15.1 Å². The van der Waals surface area contributed by atoms with Gasteiger partial charge in [-0.3, -0.25) is 4.79 Å². The maximum Gasteiger partial charge on any atom is 0.293 e. The Balaban J connectivity index is 1.55. The molecule has 180 valence electrons. The number of methoxy groups -OCH3 is 1. The predicted molar refractivity (Wildman–Crippen MR) is 132 cm³/mol. The number of nitrogens with one attached hydrogen (secondary N) is 1. The van der Waals surface area contributed by atoms with Crippen molar-refractivity contribution in [2.45, 2.75) is 30.9 Å². The van der Waals surface area contributed by atoms with E-state index in [0.717, 1.165) is 21.8 Å². The lowest BCUT2D eigenvalue weighted by molar-refractivity contribution is 0.0949. The normalized spacial score (nSPS) is 11.5. The summed E-state index contributed by atoms with van der Waals surface area (Å²) in [6.07, 6.45) is 0.508. The summed E-state index contributed by atoms with van der Waals surface area (Å²) in [6.45, 7) is 3.84. The predicted octanol–water partition coefficient (Wildman–Crippen LogP) is 3.19. The van der Waals surface area contributed by atoms with Crippen molar-refractivity contribution in [1.82, 2.24) is 30.7 Å². The van der Waals surface area contributed by atoms with Crippen LogP contribution in [0.15, 0.2) is 63.2 Å². The lowest BCUT2D eigenvalue weighted by atomic mass is 10.1. The minimum Gasteiger partial charge on any atom is -0.496 e. The van der Waals surface area contributed by atoms with Gasteiger partial charge in [0.1, 0.15) is 5.75 Å². The third-order valence-electron chi connectivity index (χ3n) is 5.06. The van der Waals surface area contributed by atoms with E-state index in [0.29, 0.717) is 23.6 Å². The number of ether oxygens (including phenoxy) is 1. The molecule has 3 N–H and O–H groups in total. The van der Waals surface area contributed by atoms with Crippen LogP contribution in [0.25, 0.3) is 5.82 Å². The quantitative estimate of drug-likeness (QED) is 0.204. The number of aromatic nitrogens is 5. The monoisotopic (exact) mass is 492 g/mol. The van der Waals surface area contributed by atoms with Crippen LogP contribution >= 0.6 is 11.8 Å². The van der Waals surface area contributed by atoms with Crippen LogP contribution in [0.5, 0.6) is 5.75 Å². The second kappa shape index (κ2) is 10.8. The van der Waals surface area contributed by atoms with E-state index in [1.165, 1.54) is 16.4 Å². The largest absolute Gasteiger partial charge is 0.496 e. The standard InChI is InChI=1S/C23H24N8O3S/c1-14-8-10-17(11-9-14)35-13-18-20(26-30-31(18)22-21(24)28-34-29-22)23(32)27-25-15(2)12-16-6-4-5-7-19(16)33-3/h4-11H,12-13H2,1-3H3,(H2,24,28)(H,27,32)/b25-15+. The van der Waals surface area contributed by atoms with Gasteiger partial charge in [-0.2, -0.15) is 9.78 Å². The van der Waals surface area contributed by atoms with Gasteiger partial charge in [-0.1, -0.05) is 41.1 Å². The van der Waals surface area contributed by atoms with Crippen LogP contribution in [0.2, 0.25) is 0 Å². The van der Waals surface area contributed by atoms with Gasteiger partial charge in [0.05, 0.1) is 12.8 Å². The number of nitrogen functional groups attached to an aromatic ring is 1. The van der Waals surface area contributed by atoms with E-state index in [9.17, 15) is 4.79 Å². The summed E-state index contributed by atoms with van der Waals surface area (Å²) in [5.74, 6) is 0.811. The highest BCUT2D eigenvalue weighted by Gasteiger charge is 2.24. The fraction of sp³-hybridized carbons (Fsp3) is 0.217. The number of anilines is 1. The van der Waals surface area contributed by atoms with Crippen LogP contribution < -0.4 is 15.9 Å². The van der Waals surface area contributed by atoms with E-state index in [1.54, 1.807) is 7.11 Å². The average molecular weight is 493 g/mol. The van der Waals surface area contributed by atoms with Crippen molar-refractivity contribution >= 4 is 29.2 Å². The molecule has 0 saturated carbocycles. The van der Waals surface area contributed by atoms with Gasteiger partial charge in [-0.15, -0.1) is 16.9 Å². The average Bonchev–Trinajstić information content (AvgIpc) is 3.48. The summed E-state index contributed by atoms with van der Waals surface area (Å²) in [7, 11) is 1.61. The number of carbonyl (C=O) groups excluding carboxylic acids is 1. The zero-order valence-electron chi connectivity index (χ0n) is 19.4. The van der Waals surface area contributed by atoms with Gasteiger partial charge >= 0.3 is 0 Å². The number of thioether (sulfide) groups is 1. The summed E-state index contributed by atoms with van der Waals surface area (Å²) in [5, 5.41) is 19.8. The molecule has 0 unspecified atom stereocenters. The number of nitrogens with zero attached hydrogens (tertiary/aromatic N) is 6. The molecule has 1 amide bonds. The van der Waals surface area contributed by atoms with Gasteiger partial charge in [0.2, 0.25) is 11.6 Å².